The molecule has 1 fully saturated rings. The van der Waals surface area contributed by atoms with Crippen molar-refractivity contribution in [1.29, 1.82) is 0 Å². The SMILES string of the molecule is CC/C=C(/C(=O)N[C@H]1C(=O)N2C(C(=O)O)=C(COC(N)=O)CS[C@@H]12)c1csc(N)n1. The Bertz CT molecular complexity index is 972. The number of ether oxygens (including phenoxy) is 1. The van der Waals surface area contributed by atoms with Crippen LogP contribution in [0.2, 0.25) is 0 Å². The van der Waals surface area contributed by atoms with E-state index < -0.39 is 35.3 Å². The van der Waals surface area contributed by atoms with Gasteiger partial charge in [0.25, 0.3) is 11.8 Å². The second kappa shape index (κ2) is 8.75. The second-order valence-corrected chi connectivity index (χ2v) is 8.32. The number of fused-ring (bicyclic) bond motifs is 1. The molecule has 160 valence electrons. The maximum Gasteiger partial charge on any atom is 0.404 e. The summed E-state index contributed by atoms with van der Waals surface area (Å²) in [4.78, 5) is 53.2. The predicted molar refractivity (Wildman–Crippen MR) is 110 cm³/mol. The maximum atomic E-state index is 12.8. The summed E-state index contributed by atoms with van der Waals surface area (Å²) in [6.45, 7) is 1.53. The molecule has 2 aliphatic heterocycles. The smallest absolute Gasteiger partial charge is 0.404 e. The molecular formula is C17H19N5O6S2. The number of β-lactam (4-membered cyclic amide) rings is 1. The number of nitrogens with two attached hydrogens (primary N) is 2. The Morgan fingerprint density at radius 1 is 1.47 bits per heavy atom. The van der Waals surface area contributed by atoms with Gasteiger partial charge in [-0.25, -0.2) is 14.6 Å². The van der Waals surface area contributed by atoms with Crippen LogP contribution in [0.15, 0.2) is 22.7 Å². The first-order chi connectivity index (χ1) is 14.2. The molecule has 0 aromatic carbocycles. The largest absolute Gasteiger partial charge is 0.477 e. The summed E-state index contributed by atoms with van der Waals surface area (Å²) in [7, 11) is 0. The topological polar surface area (TPSA) is 178 Å². The number of carbonyl (C=O) groups excluding carboxylic acids is 3. The highest BCUT2D eigenvalue weighted by molar-refractivity contribution is 8.00. The number of thiazole rings is 1. The number of rotatable bonds is 7. The number of nitrogen functional groups attached to an aromatic ring is 1. The van der Waals surface area contributed by atoms with Gasteiger partial charge in [0.2, 0.25) is 0 Å². The molecule has 13 heteroatoms. The minimum Gasteiger partial charge on any atom is -0.477 e. The van der Waals surface area contributed by atoms with Crippen LogP contribution < -0.4 is 16.8 Å². The summed E-state index contributed by atoms with van der Waals surface area (Å²) in [5.74, 6) is -2.19. The third kappa shape index (κ3) is 4.11. The van der Waals surface area contributed by atoms with Crippen LogP contribution >= 0.6 is 23.1 Å². The molecule has 2 aliphatic rings. The highest BCUT2D eigenvalue weighted by atomic mass is 32.2. The number of nitrogens with zero attached hydrogens (tertiary/aromatic N) is 2. The van der Waals surface area contributed by atoms with Crippen LogP contribution in [0.3, 0.4) is 0 Å². The van der Waals surface area contributed by atoms with Crippen LogP contribution in [0, 0.1) is 0 Å². The van der Waals surface area contributed by atoms with Gasteiger partial charge in [-0.2, -0.15) is 0 Å². The Morgan fingerprint density at radius 2 is 2.20 bits per heavy atom. The highest BCUT2D eigenvalue weighted by Crippen LogP contribution is 2.40. The summed E-state index contributed by atoms with van der Waals surface area (Å²) in [5.41, 5.74) is 11.3. The van der Waals surface area contributed by atoms with Gasteiger partial charge < -0.3 is 26.6 Å². The maximum absolute atomic E-state index is 12.8. The van der Waals surface area contributed by atoms with Crippen molar-refractivity contribution in [3.05, 3.63) is 28.4 Å². The molecule has 6 N–H and O–H groups in total. The fourth-order valence-electron chi connectivity index (χ4n) is 3.10. The number of hydrogen-bond acceptors (Lipinski definition) is 9. The number of carbonyl (C=O) groups is 4. The van der Waals surface area contributed by atoms with Crippen molar-refractivity contribution in [1.82, 2.24) is 15.2 Å². The summed E-state index contributed by atoms with van der Waals surface area (Å²) in [6, 6.07) is -0.897. The van der Waals surface area contributed by atoms with Gasteiger partial charge in [0.05, 0.1) is 11.3 Å². The number of thioether (sulfide) groups is 1. The van der Waals surface area contributed by atoms with Crippen molar-refractivity contribution in [3.8, 4) is 0 Å². The van der Waals surface area contributed by atoms with Gasteiger partial charge in [-0.05, 0) is 6.42 Å². The van der Waals surface area contributed by atoms with E-state index in [-0.39, 0.29) is 23.6 Å². The van der Waals surface area contributed by atoms with Gasteiger partial charge in [0, 0.05) is 16.7 Å². The number of hydrogen-bond donors (Lipinski definition) is 4. The van der Waals surface area contributed by atoms with Crippen LogP contribution in [-0.2, 0) is 19.1 Å². The van der Waals surface area contributed by atoms with Crippen LogP contribution in [0.25, 0.3) is 5.57 Å². The lowest BCUT2D eigenvalue weighted by molar-refractivity contribution is -0.150. The lowest BCUT2D eigenvalue weighted by atomic mass is 10.0. The zero-order valence-corrected chi connectivity index (χ0v) is 17.4. The van der Waals surface area contributed by atoms with Gasteiger partial charge >= 0.3 is 12.1 Å². The van der Waals surface area contributed by atoms with Gasteiger partial charge in [0.15, 0.2) is 5.13 Å². The lowest BCUT2D eigenvalue weighted by Crippen LogP contribution is -2.70. The zero-order valence-electron chi connectivity index (χ0n) is 15.8. The standard InChI is InChI=1S/C17H19N5O6S2/c1-2-3-8(9-6-30-16(18)20-9)12(23)21-10-13(24)22-11(15(25)26)7(4-28-17(19)27)5-29-14(10)22/h3,6,10,14H,2,4-5H2,1H3,(H2,18,20)(H2,19,27)(H,21,23)(H,25,26)/b8-3+/t10-,14-/m0/s1. The molecule has 0 spiro atoms. The number of primary amides is 1. The number of carboxylic acids is 1. The Hall–Kier alpha value is -3.06. The number of anilines is 1. The molecule has 11 nitrogen and oxygen atoms in total. The molecule has 1 saturated heterocycles. The molecular weight excluding hydrogens is 434 g/mol. The molecule has 0 unspecified atom stereocenters. The average molecular weight is 454 g/mol. The van der Waals surface area contributed by atoms with Gasteiger partial charge in [-0.3, -0.25) is 14.5 Å². The van der Waals surface area contributed by atoms with Crippen molar-refractivity contribution in [2.75, 3.05) is 18.1 Å². The average Bonchev–Trinajstić information content (AvgIpc) is 3.13. The minimum absolute atomic E-state index is 0.204. The van der Waals surface area contributed by atoms with E-state index in [0.717, 1.165) is 4.90 Å². The summed E-state index contributed by atoms with van der Waals surface area (Å²) in [5, 5.41) is 13.6. The monoisotopic (exact) mass is 453 g/mol. The predicted octanol–water partition coefficient (Wildman–Crippen LogP) is 0.353. The quantitative estimate of drug-likeness (QED) is 0.335. The van der Waals surface area contributed by atoms with E-state index in [0.29, 0.717) is 22.8 Å². The van der Waals surface area contributed by atoms with E-state index in [1.807, 2.05) is 6.92 Å². The first-order valence-electron chi connectivity index (χ1n) is 8.79. The Labute approximate surface area is 179 Å². The van der Waals surface area contributed by atoms with E-state index in [2.05, 4.69) is 15.0 Å². The molecule has 0 saturated carbocycles. The molecule has 0 radical (unpaired) electrons. The van der Waals surface area contributed by atoms with Crippen LogP contribution in [0.5, 0.6) is 0 Å². The third-order valence-corrected chi connectivity index (χ3v) is 6.39. The second-order valence-electron chi connectivity index (χ2n) is 6.32. The highest BCUT2D eigenvalue weighted by Gasteiger charge is 2.54. The number of amides is 3. The molecule has 30 heavy (non-hydrogen) atoms. The number of carboxylic acid groups (broad SMARTS) is 1. The van der Waals surface area contributed by atoms with E-state index in [1.54, 1.807) is 11.5 Å². The number of aromatic nitrogens is 1. The van der Waals surface area contributed by atoms with E-state index in [4.69, 9.17) is 11.5 Å². The lowest BCUT2D eigenvalue weighted by Gasteiger charge is -2.49. The number of aliphatic carboxylic acids is 1. The molecule has 2 atom stereocenters. The first kappa shape index (κ1) is 21.6. The molecule has 0 bridgehead atoms. The van der Waals surface area contributed by atoms with Crippen molar-refractivity contribution >= 4 is 57.7 Å². The molecule has 3 heterocycles. The first-order valence-corrected chi connectivity index (χ1v) is 10.7. The Balaban J connectivity index is 1.77. The molecule has 3 amide bonds. The van der Waals surface area contributed by atoms with E-state index in [1.165, 1.54) is 23.1 Å². The molecule has 0 aliphatic carbocycles. The minimum atomic E-state index is -1.33. The summed E-state index contributed by atoms with van der Waals surface area (Å²) >= 11 is 2.45. The van der Waals surface area contributed by atoms with Gasteiger partial charge in [-0.1, -0.05) is 13.0 Å². The van der Waals surface area contributed by atoms with E-state index in [9.17, 15) is 24.3 Å². The van der Waals surface area contributed by atoms with Crippen LogP contribution in [0.1, 0.15) is 19.0 Å². The fourth-order valence-corrected chi connectivity index (χ4v) is 4.99. The van der Waals surface area contributed by atoms with Gasteiger partial charge in [-0.15, -0.1) is 23.1 Å². The van der Waals surface area contributed by atoms with Gasteiger partial charge in [0.1, 0.15) is 23.7 Å². The number of nitrogens with one attached hydrogen (secondary N) is 1. The van der Waals surface area contributed by atoms with Crippen LogP contribution in [0.4, 0.5) is 9.93 Å². The fraction of sp³-hybridized carbons (Fsp3) is 0.353. The Morgan fingerprint density at radius 3 is 2.77 bits per heavy atom. The van der Waals surface area contributed by atoms with Crippen molar-refractivity contribution < 1.29 is 29.0 Å². The third-order valence-electron chi connectivity index (χ3n) is 4.38. The van der Waals surface area contributed by atoms with Crippen molar-refractivity contribution in [3.63, 3.8) is 0 Å². The molecule has 1 aromatic rings. The molecule has 3 rings (SSSR count). The summed E-state index contributed by atoms with van der Waals surface area (Å²) < 4.78 is 4.68. The van der Waals surface area contributed by atoms with Crippen molar-refractivity contribution in [2.24, 2.45) is 5.73 Å². The summed E-state index contributed by atoms with van der Waals surface area (Å²) in [6.07, 6.45) is 1.20. The van der Waals surface area contributed by atoms with Crippen LogP contribution in [-0.4, -0.2) is 62.6 Å². The van der Waals surface area contributed by atoms with Crippen molar-refractivity contribution in [2.45, 2.75) is 24.8 Å². The normalized spacial score (nSPS) is 21.0. The molecule has 1 aromatic heterocycles. The van der Waals surface area contributed by atoms with E-state index >= 15 is 0 Å². The number of allylic oxidation sites excluding steroid dienone is 1. The zero-order chi connectivity index (χ0) is 22.0. The Kier molecular flexibility index (Phi) is 6.31.